The maximum Gasteiger partial charge on any atom is 0.282 e. The second-order valence-corrected chi connectivity index (χ2v) is 4.97. The van der Waals surface area contributed by atoms with Gasteiger partial charge >= 0.3 is 0 Å². The Bertz CT molecular complexity index is 486. The van der Waals surface area contributed by atoms with E-state index in [1.165, 1.54) is 18.2 Å². The van der Waals surface area contributed by atoms with Crippen LogP contribution in [-0.4, -0.2) is 17.4 Å². The van der Waals surface area contributed by atoms with Crippen LogP contribution in [0, 0.1) is 22.0 Å². The van der Waals surface area contributed by atoms with Crippen LogP contribution in [0.3, 0.4) is 0 Å². The number of rotatable bonds is 5. The number of hydrogen-bond acceptors (Lipinski definition) is 4. The van der Waals surface area contributed by atoms with Gasteiger partial charge < -0.3 is 11.1 Å². The van der Waals surface area contributed by atoms with Crippen LogP contribution in [0.1, 0.15) is 31.1 Å². The zero-order chi connectivity index (χ0) is 14.6. The van der Waals surface area contributed by atoms with Crippen molar-refractivity contribution in [1.82, 2.24) is 5.32 Å². The fourth-order valence-electron chi connectivity index (χ4n) is 1.48. The molecule has 0 fully saturated rings. The molecule has 0 aromatic heterocycles. The molecule has 0 radical (unpaired) electrons. The standard InChI is InChI=1S/C13H19N3O3/c1-8(2)9(3)7-15-13(17)11-6-10(14)4-5-12(11)16(18)19/h4-6,8-9H,7,14H2,1-3H3,(H,15,17). The molecule has 1 aromatic rings. The zero-order valence-corrected chi connectivity index (χ0v) is 11.3. The van der Waals surface area contributed by atoms with Gasteiger partial charge in [0.15, 0.2) is 0 Å². The first-order chi connectivity index (χ1) is 8.82. The lowest BCUT2D eigenvalue weighted by molar-refractivity contribution is -0.385. The molecule has 0 aliphatic rings. The summed E-state index contributed by atoms with van der Waals surface area (Å²) in [6.07, 6.45) is 0. The number of nitrogens with one attached hydrogen (secondary N) is 1. The normalized spacial score (nSPS) is 12.2. The maximum absolute atomic E-state index is 12.0. The number of nitrogens with zero attached hydrogens (tertiary/aromatic N) is 1. The number of carbonyl (C=O) groups excluding carboxylic acids is 1. The molecule has 1 atom stereocenters. The summed E-state index contributed by atoms with van der Waals surface area (Å²) in [5, 5.41) is 13.6. The van der Waals surface area contributed by atoms with Crippen LogP contribution in [0.5, 0.6) is 0 Å². The van der Waals surface area contributed by atoms with Crippen molar-refractivity contribution in [3.63, 3.8) is 0 Å². The van der Waals surface area contributed by atoms with E-state index >= 15 is 0 Å². The van der Waals surface area contributed by atoms with Crippen molar-refractivity contribution in [3.05, 3.63) is 33.9 Å². The Labute approximate surface area is 112 Å². The SMILES string of the molecule is CC(C)C(C)CNC(=O)c1cc(N)ccc1[N+](=O)[O-]. The molecule has 0 aliphatic carbocycles. The summed E-state index contributed by atoms with van der Waals surface area (Å²) in [5.41, 5.74) is 5.66. The van der Waals surface area contributed by atoms with Crippen LogP contribution in [0.2, 0.25) is 0 Å². The molecule has 1 rings (SSSR count). The summed E-state index contributed by atoms with van der Waals surface area (Å²) in [4.78, 5) is 22.3. The Balaban J connectivity index is 2.87. The van der Waals surface area contributed by atoms with Crippen molar-refractivity contribution in [2.75, 3.05) is 12.3 Å². The fraction of sp³-hybridized carbons (Fsp3) is 0.462. The first-order valence-electron chi connectivity index (χ1n) is 6.15. The Hall–Kier alpha value is -2.11. The Morgan fingerprint density at radius 2 is 2.05 bits per heavy atom. The number of anilines is 1. The Morgan fingerprint density at radius 3 is 2.58 bits per heavy atom. The molecule has 0 bridgehead atoms. The van der Waals surface area contributed by atoms with Crippen LogP contribution in [-0.2, 0) is 0 Å². The molecule has 3 N–H and O–H groups in total. The largest absolute Gasteiger partial charge is 0.399 e. The highest BCUT2D eigenvalue weighted by atomic mass is 16.6. The molecule has 0 aliphatic heterocycles. The number of hydrogen-bond donors (Lipinski definition) is 2. The minimum Gasteiger partial charge on any atom is -0.399 e. The first-order valence-corrected chi connectivity index (χ1v) is 6.15. The van der Waals surface area contributed by atoms with E-state index in [9.17, 15) is 14.9 Å². The summed E-state index contributed by atoms with van der Waals surface area (Å²) in [6.45, 7) is 6.60. The molecule has 0 heterocycles. The number of nitro benzene ring substituents is 1. The lowest BCUT2D eigenvalue weighted by Gasteiger charge is -2.16. The van der Waals surface area contributed by atoms with E-state index in [0.717, 1.165) is 0 Å². The Kier molecular flexibility index (Phi) is 4.86. The molecule has 0 saturated heterocycles. The van der Waals surface area contributed by atoms with Crippen molar-refractivity contribution in [3.8, 4) is 0 Å². The molecule has 1 unspecified atom stereocenters. The molecule has 0 saturated carbocycles. The summed E-state index contributed by atoms with van der Waals surface area (Å²) < 4.78 is 0. The van der Waals surface area contributed by atoms with Crippen LogP contribution >= 0.6 is 0 Å². The van der Waals surface area contributed by atoms with Crippen molar-refractivity contribution >= 4 is 17.3 Å². The molecule has 1 amide bonds. The van der Waals surface area contributed by atoms with Gasteiger partial charge in [0.2, 0.25) is 0 Å². The van der Waals surface area contributed by atoms with Gasteiger partial charge in [-0.3, -0.25) is 14.9 Å². The summed E-state index contributed by atoms with van der Waals surface area (Å²) in [6, 6.07) is 3.98. The lowest BCUT2D eigenvalue weighted by atomic mass is 9.98. The molecule has 6 heteroatoms. The number of nitro groups is 1. The number of benzene rings is 1. The van der Waals surface area contributed by atoms with Crippen molar-refractivity contribution in [2.24, 2.45) is 11.8 Å². The molecular weight excluding hydrogens is 246 g/mol. The number of nitrogens with two attached hydrogens (primary N) is 1. The third-order valence-corrected chi connectivity index (χ3v) is 3.18. The van der Waals surface area contributed by atoms with Crippen LogP contribution in [0.25, 0.3) is 0 Å². The topological polar surface area (TPSA) is 98.3 Å². The van der Waals surface area contributed by atoms with Gasteiger partial charge in [-0.2, -0.15) is 0 Å². The van der Waals surface area contributed by atoms with Gasteiger partial charge in [0.25, 0.3) is 11.6 Å². The van der Waals surface area contributed by atoms with Crippen LogP contribution < -0.4 is 11.1 Å². The third kappa shape index (κ3) is 3.94. The molecular formula is C13H19N3O3. The van der Waals surface area contributed by atoms with Gasteiger partial charge in [-0.15, -0.1) is 0 Å². The predicted molar refractivity (Wildman–Crippen MR) is 73.8 cm³/mol. The third-order valence-electron chi connectivity index (χ3n) is 3.18. The quantitative estimate of drug-likeness (QED) is 0.484. The molecule has 6 nitrogen and oxygen atoms in total. The number of nitrogen functional groups attached to an aromatic ring is 1. The smallest absolute Gasteiger partial charge is 0.282 e. The lowest BCUT2D eigenvalue weighted by Crippen LogP contribution is -2.30. The summed E-state index contributed by atoms with van der Waals surface area (Å²) in [7, 11) is 0. The van der Waals surface area contributed by atoms with Gasteiger partial charge in [-0.25, -0.2) is 0 Å². The van der Waals surface area contributed by atoms with Crippen molar-refractivity contribution in [2.45, 2.75) is 20.8 Å². The fourth-order valence-corrected chi connectivity index (χ4v) is 1.48. The van der Waals surface area contributed by atoms with Gasteiger partial charge in [-0.1, -0.05) is 20.8 Å². The van der Waals surface area contributed by atoms with E-state index < -0.39 is 10.8 Å². The van der Waals surface area contributed by atoms with E-state index in [-0.39, 0.29) is 11.3 Å². The first kappa shape index (κ1) is 14.9. The zero-order valence-electron chi connectivity index (χ0n) is 11.3. The van der Waals surface area contributed by atoms with Crippen LogP contribution in [0.15, 0.2) is 18.2 Å². The van der Waals surface area contributed by atoms with Crippen molar-refractivity contribution < 1.29 is 9.72 Å². The predicted octanol–water partition coefficient (Wildman–Crippen LogP) is 2.20. The average molecular weight is 265 g/mol. The van der Waals surface area contributed by atoms with Crippen LogP contribution in [0.4, 0.5) is 11.4 Å². The second kappa shape index (κ2) is 6.17. The highest BCUT2D eigenvalue weighted by molar-refractivity contribution is 5.99. The van der Waals surface area contributed by atoms with E-state index in [1.807, 2.05) is 6.92 Å². The van der Waals surface area contributed by atoms with E-state index in [1.54, 1.807) is 0 Å². The van der Waals surface area contributed by atoms with Crippen molar-refractivity contribution in [1.29, 1.82) is 0 Å². The van der Waals surface area contributed by atoms with Gasteiger partial charge in [-0.05, 0) is 24.0 Å². The van der Waals surface area contributed by atoms with Gasteiger partial charge in [0, 0.05) is 18.3 Å². The highest BCUT2D eigenvalue weighted by Gasteiger charge is 2.20. The van der Waals surface area contributed by atoms with Gasteiger partial charge in [0.05, 0.1) is 4.92 Å². The number of carbonyl (C=O) groups is 1. The summed E-state index contributed by atoms with van der Waals surface area (Å²) in [5.74, 6) is 0.256. The molecule has 19 heavy (non-hydrogen) atoms. The molecule has 0 spiro atoms. The minimum atomic E-state index is -0.583. The molecule has 104 valence electrons. The van der Waals surface area contributed by atoms with E-state index in [2.05, 4.69) is 19.2 Å². The second-order valence-electron chi connectivity index (χ2n) is 4.97. The minimum absolute atomic E-state index is 0.000885. The monoisotopic (exact) mass is 265 g/mol. The molecule has 1 aromatic carbocycles. The summed E-state index contributed by atoms with van der Waals surface area (Å²) >= 11 is 0. The Morgan fingerprint density at radius 1 is 1.42 bits per heavy atom. The van der Waals surface area contributed by atoms with E-state index in [0.29, 0.717) is 24.1 Å². The highest BCUT2D eigenvalue weighted by Crippen LogP contribution is 2.21. The van der Waals surface area contributed by atoms with E-state index in [4.69, 9.17) is 5.73 Å². The maximum atomic E-state index is 12.0. The average Bonchev–Trinajstić information content (AvgIpc) is 2.34. The van der Waals surface area contributed by atoms with Gasteiger partial charge in [0.1, 0.15) is 5.56 Å². The number of amides is 1.